The van der Waals surface area contributed by atoms with E-state index in [9.17, 15) is 18.4 Å². The van der Waals surface area contributed by atoms with Crippen LogP contribution in [0.25, 0.3) is 11.2 Å². The molecule has 5 heterocycles. The lowest BCUT2D eigenvalue weighted by atomic mass is 9.93. The van der Waals surface area contributed by atoms with Crippen molar-refractivity contribution >= 4 is 23.1 Å². The Morgan fingerprint density at radius 2 is 1.70 bits per heavy atom. The Morgan fingerprint density at radius 3 is 2.50 bits per heavy atom. The molecule has 10 nitrogen and oxygen atoms in total. The molecule has 2 N–H and O–H groups in total. The number of nitrogens with zero attached hydrogens (tertiary/aromatic N) is 6. The molecule has 0 saturated carbocycles. The minimum absolute atomic E-state index is 0.0278. The van der Waals surface area contributed by atoms with Crippen molar-refractivity contribution in [3.8, 4) is 0 Å². The van der Waals surface area contributed by atoms with Crippen molar-refractivity contribution in [3.05, 3.63) is 82.7 Å². The number of H-pyrrole nitrogens is 1. The zero-order valence-corrected chi connectivity index (χ0v) is 21.8. The third-order valence-corrected chi connectivity index (χ3v) is 7.94. The van der Waals surface area contributed by atoms with Gasteiger partial charge in [0.25, 0.3) is 0 Å². The van der Waals surface area contributed by atoms with E-state index in [1.54, 1.807) is 46.3 Å². The second kappa shape index (κ2) is 11.0. The zero-order chi connectivity index (χ0) is 27.6. The lowest BCUT2D eigenvalue weighted by Gasteiger charge is -2.34. The molecule has 12 heteroatoms. The van der Waals surface area contributed by atoms with Crippen LogP contribution in [0.4, 0.5) is 19.5 Å². The minimum Gasteiger partial charge on any atom is -0.338 e. The maximum atomic E-state index is 14.7. The topological polar surface area (TPSA) is 112 Å². The number of aromatic amines is 1. The number of hydrogen-bond donors (Lipinski definition) is 2. The monoisotopic (exact) mass is 548 g/mol. The number of carbonyl (C=O) groups excluding carboxylic acids is 1. The quantitative estimate of drug-likeness (QED) is 0.403. The van der Waals surface area contributed by atoms with Crippen molar-refractivity contribution in [2.45, 2.75) is 43.7 Å². The Hall–Kier alpha value is -4.35. The number of carbonyl (C=O) groups is 1. The predicted octanol–water partition coefficient (Wildman–Crippen LogP) is 3.59. The fourth-order valence-corrected chi connectivity index (χ4v) is 5.93. The Kier molecular flexibility index (Phi) is 7.14. The van der Waals surface area contributed by atoms with Gasteiger partial charge in [0.15, 0.2) is 17.3 Å². The third kappa shape index (κ3) is 5.13. The lowest BCUT2D eigenvalue weighted by molar-refractivity contribution is 0.168. The van der Waals surface area contributed by atoms with E-state index in [-0.39, 0.29) is 29.7 Å². The summed E-state index contributed by atoms with van der Waals surface area (Å²) in [5.74, 6) is -1.52. The SMILES string of the molecule is O=C(N[C@@H]1CC[C@@H](c2cccc(F)c2F)CN(c2ncccn2)C1)N1CCC(n2c(=O)[nH]c3ncccc32)CC1. The van der Waals surface area contributed by atoms with Gasteiger partial charge in [-0.25, -0.2) is 33.3 Å². The molecule has 2 fully saturated rings. The van der Waals surface area contributed by atoms with Crippen LogP contribution in [0.15, 0.2) is 59.8 Å². The van der Waals surface area contributed by atoms with Gasteiger partial charge in [-0.2, -0.15) is 0 Å². The van der Waals surface area contributed by atoms with Gasteiger partial charge in [-0.3, -0.25) is 9.55 Å². The molecule has 2 atom stereocenters. The van der Waals surface area contributed by atoms with E-state index in [1.165, 1.54) is 6.07 Å². The van der Waals surface area contributed by atoms with E-state index in [0.29, 0.717) is 69.0 Å². The third-order valence-electron chi connectivity index (χ3n) is 7.94. The van der Waals surface area contributed by atoms with E-state index in [2.05, 4.69) is 25.3 Å². The second-order valence-corrected chi connectivity index (χ2v) is 10.4. The van der Waals surface area contributed by atoms with Crippen LogP contribution in [-0.4, -0.2) is 67.7 Å². The van der Waals surface area contributed by atoms with Crippen molar-refractivity contribution in [1.82, 2.24) is 34.7 Å². The highest BCUT2D eigenvalue weighted by molar-refractivity contribution is 5.75. The van der Waals surface area contributed by atoms with E-state index in [4.69, 9.17) is 0 Å². The van der Waals surface area contributed by atoms with Gasteiger partial charge in [-0.1, -0.05) is 12.1 Å². The van der Waals surface area contributed by atoms with Crippen LogP contribution in [-0.2, 0) is 0 Å². The molecule has 2 amide bonds. The lowest BCUT2D eigenvalue weighted by Crippen LogP contribution is -2.51. The minimum atomic E-state index is -0.872. The smallest absolute Gasteiger partial charge is 0.327 e. The van der Waals surface area contributed by atoms with Gasteiger partial charge in [0.1, 0.15) is 0 Å². The van der Waals surface area contributed by atoms with Gasteiger partial charge in [0, 0.05) is 62.8 Å². The molecule has 0 unspecified atom stereocenters. The molecular weight excluding hydrogens is 518 g/mol. The summed E-state index contributed by atoms with van der Waals surface area (Å²) >= 11 is 0. The molecule has 1 aromatic carbocycles. The normalized spacial score (nSPS) is 20.4. The molecule has 2 saturated heterocycles. The molecular formula is C28H30F2N8O2. The summed E-state index contributed by atoms with van der Waals surface area (Å²) in [6, 6.07) is 9.20. The average Bonchev–Trinajstić information content (AvgIpc) is 3.17. The first-order valence-electron chi connectivity index (χ1n) is 13.5. The number of nitrogens with one attached hydrogen (secondary N) is 2. The summed E-state index contributed by atoms with van der Waals surface area (Å²) in [6.45, 7) is 1.85. The maximum absolute atomic E-state index is 14.7. The number of anilines is 1. The van der Waals surface area contributed by atoms with Crippen LogP contribution >= 0.6 is 0 Å². The molecule has 6 rings (SSSR count). The number of halogens is 2. The second-order valence-electron chi connectivity index (χ2n) is 10.4. The van der Waals surface area contributed by atoms with Crippen molar-refractivity contribution in [2.75, 3.05) is 31.1 Å². The van der Waals surface area contributed by atoms with Crippen LogP contribution in [0, 0.1) is 11.6 Å². The number of amides is 2. The molecule has 0 spiro atoms. The highest BCUT2D eigenvalue weighted by Gasteiger charge is 2.32. The van der Waals surface area contributed by atoms with Crippen LogP contribution in [0.1, 0.15) is 43.2 Å². The molecule has 4 aromatic rings. The van der Waals surface area contributed by atoms with Crippen molar-refractivity contribution in [3.63, 3.8) is 0 Å². The van der Waals surface area contributed by atoms with Gasteiger partial charge in [0.2, 0.25) is 5.95 Å². The summed E-state index contributed by atoms with van der Waals surface area (Å²) in [5.41, 5.74) is 1.45. The standard InChI is InChI=1S/C28H30F2N8O2/c29-22-5-1-4-21(24(22)30)18-7-8-19(17-37(16-18)26-32-12-3-13-33-26)34-27(39)36-14-9-20(10-15-36)38-23-6-2-11-31-25(23)35-28(38)40/h1-6,11-13,18-20H,7-10,14-17H2,(H,34,39)(H,31,35,40)/t18-,19-/m1/s1. The van der Waals surface area contributed by atoms with Gasteiger partial charge in [-0.15, -0.1) is 0 Å². The highest BCUT2D eigenvalue weighted by atomic mass is 19.2. The zero-order valence-electron chi connectivity index (χ0n) is 21.8. The molecule has 2 aliphatic rings. The number of likely N-dealkylation sites (tertiary alicyclic amines) is 1. The van der Waals surface area contributed by atoms with E-state index >= 15 is 0 Å². The largest absolute Gasteiger partial charge is 0.338 e. The van der Waals surface area contributed by atoms with E-state index < -0.39 is 11.6 Å². The molecule has 2 aliphatic heterocycles. The number of pyridine rings is 1. The Balaban J connectivity index is 1.14. The van der Waals surface area contributed by atoms with Gasteiger partial charge in [0.05, 0.1) is 5.52 Å². The number of urea groups is 1. The van der Waals surface area contributed by atoms with Crippen molar-refractivity contribution in [1.29, 1.82) is 0 Å². The number of aromatic nitrogens is 5. The molecule has 208 valence electrons. The fraction of sp³-hybridized carbons (Fsp3) is 0.393. The fourth-order valence-electron chi connectivity index (χ4n) is 5.93. The number of piperidine rings is 1. The first-order valence-corrected chi connectivity index (χ1v) is 13.5. The van der Waals surface area contributed by atoms with Crippen LogP contribution < -0.4 is 15.9 Å². The summed E-state index contributed by atoms with van der Waals surface area (Å²) in [6.07, 6.45) is 7.36. The maximum Gasteiger partial charge on any atom is 0.327 e. The van der Waals surface area contributed by atoms with Gasteiger partial charge < -0.3 is 15.1 Å². The number of rotatable bonds is 4. The molecule has 0 aliphatic carbocycles. The number of benzene rings is 1. The predicted molar refractivity (Wildman–Crippen MR) is 145 cm³/mol. The summed E-state index contributed by atoms with van der Waals surface area (Å²) in [5, 5.41) is 3.15. The van der Waals surface area contributed by atoms with Crippen LogP contribution in [0.5, 0.6) is 0 Å². The van der Waals surface area contributed by atoms with E-state index in [0.717, 1.165) is 11.6 Å². The van der Waals surface area contributed by atoms with Crippen molar-refractivity contribution < 1.29 is 13.6 Å². The summed E-state index contributed by atoms with van der Waals surface area (Å²) in [7, 11) is 0. The highest BCUT2D eigenvalue weighted by Crippen LogP contribution is 2.31. The number of imidazole rings is 1. The molecule has 40 heavy (non-hydrogen) atoms. The van der Waals surface area contributed by atoms with Crippen LogP contribution in [0.3, 0.4) is 0 Å². The molecule has 3 aromatic heterocycles. The van der Waals surface area contributed by atoms with Crippen LogP contribution in [0.2, 0.25) is 0 Å². The summed E-state index contributed by atoms with van der Waals surface area (Å²) < 4.78 is 30.5. The number of hydrogen-bond acceptors (Lipinski definition) is 6. The van der Waals surface area contributed by atoms with E-state index in [1.807, 2.05) is 11.0 Å². The number of fused-ring (bicyclic) bond motifs is 1. The Bertz CT molecular complexity index is 1550. The first-order chi connectivity index (χ1) is 19.5. The molecule has 0 bridgehead atoms. The van der Waals surface area contributed by atoms with Gasteiger partial charge >= 0.3 is 11.7 Å². The Morgan fingerprint density at radius 1 is 0.925 bits per heavy atom. The first kappa shape index (κ1) is 25.9. The Labute approximate surface area is 229 Å². The summed E-state index contributed by atoms with van der Waals surface area (Å²) in [4.78, 5) is 45.4. The van der Waals surface area contributed by atoms with Crippen molar-refractivity contribution in [2.24, 2.45) is 0 Å². The van der Waals surface area contributed by atoms with Gasteiger partial charge in [-0.05, 0) is 55.5 Å². The molecule has 0 radical (unpaired) electrons. The average molecular weight is 549 g/mol.